The molecule has 0 atom stereocenters. The van der Waals surface area contributed by atoms with Crippen molar-refractivity contribution in [1.29, 1.82) is 0 Å². The molecule has 2 rings (SSSR count). The van der Waals surface area contributed by atoms with Gasteiger partial charge in [-0.05, 0) is 29.8 Å². The standard InChI is InChI=1S/C14H16N2O2S/c1-19(17,18)12-8-6-11(7-9-12)10-16-14-5-3-2-4-13(14)15/h2-9,16H,10,15H2,1H3. The van der Waals surface area contributed by atoms with Crippen LogP contribution in [0.3, 0.4) is 0 Å². The quantitative estimate of drug-likeness (QED) is 0.840. The maximum absolute atomic E-state index is 11.3. The molecule has 3 N–H and O–H groups in total. The van der Waals surface area contributed by atoms with E-state index in [0.717, 1.165) is 11.3 Å². The van der Waals surface area contributed by atoms with E-state index in [-0.39, 0.29) is 0 Å². The van der Waals surface area contributed by atoms with Gasteiger partial charge in [0, 0.05) is 12.8 Å². The second-order valence-electron chi connectivity index (χ2n) is 4.36. The molecule has 2 aromatic rings. The van der Waals surface area contributed by atoms with Crippen molar-refractivity contribution in [3.05, 3.63) is 54.1 Å². The first-order valence-corrected chi connectivity index (χ1v) is 7.73. The molecule has 0 fully saturated rings. The van der Waals surface area contributed by atoms with Gasteiger partial charge in [-0.15, -0.1) is 0 Å². The van der Waals surface area contributed by atoms with Crippen molar-refractivity contribution in [3.63, 3.8) is 0 Å². The lowest BCUT2D eigenvalue weighted by Gasteiger charge is -2.09. The van der Waals surface area contributed by atoms with E-state index in [1.54, 1.807) is 24.3 Å². The fraction of sp³-hybridized carbons (Fsp3) is 0.143. The van der Waals surface area contributed by atoms with Crippen LogP contribution in [0, 0.1) is 0 Å². The van der Waals surface area contributed by atoms with Crippen molar-refractivity contribution >= 4 is 21.2 Å². The Kier molecular flexibility index (Phi) is 3.76. The Balaban J connectivity index is 2.07. The number of sulfone groups is 1. The van der Waals surface area contributed by atoms with E-state index in [4.69, 9.17) is 5.73 Å². The highest BCUT2D eigenvalue weighted by Gasteiger charge is 2.06. The van der Waals surface area contributed by atoms with Gasteiger partial charge < -0.3 is 11.1 Å². The largest absolute Gasteiger partial charge is 0.397 e. The SMILES string of the molecule is CS(=O)(=O)c1ccc(CNc2ccccc2N)cc1. The van der Waals surface area contributed by atoms with Crippen LogP contribution in [0.25, 0.3) is 0 Å². The molecule has 4 nitrogen and oxygen atoms in total. The molecular weight excluding hydrogens is 260 g/mol. The van der Waals surface area contributed by atoms with Crippen molar-refractivity contribution in [3.8, 4) is 0 Å². The van der Waals surface area contributed by atoms with Gasteiger partial charge in [0.1, 0.15) is 0 Å². The fourth-order valence-corrected chi connectivity index (χ4v) is 2.34. The molecule has 0 amide bonds. The number of para-hydroxylation sites is 2. The van der Waals surface area contributed by atoms with Crippen LogP contribution in [-0.4, -0.2) is 14.7 Å². The third kappa shape index (κ3) is 3.48. The Hall–Kier alpha value is -2.01. The molecular formula is C14H16N2O2S. The minimum atomic E-state index is -3.13. The van der Waals surface area contributed by atoms with E-state index in [9.17, 15) is 8.42 Å². The molecule has 100 valence electrons. The number of rotatable bonds is 4. The van der Waals surface area contributed by atoms with Gasteiger partial charge in [-0.1, -0.05) is 24.3 Å². The van der Waals surface area contributed by atoms with Crippen molar-refractivity contribution < 1.29 is 8.42 Å². The first kappa shape index (κ1) is 13.4. The average molecular weight is 276 g/mol. The van der Waals surface area contributed by atoms with Crippen molar-refractivity contribution in [1.82, 2.24) is 0 Å². The van der Waals surface area contributed by atoms with Crippen molar-refractivity contribution in [2.75, 3.05) is 17.3 Å². The Bertz CT molecular complexity index is 664. The summed E-state index contributed by atoms with van der Waals surface area (Å²) in [5.41, 5.74) is 8.38. The highest BCUT2D eigenvalue weighted by molar-refractivity contribution is 7.90. The van der Waals surface area contributed by atoms with Crippen LogP contribution < -0.4 is 11.1 Å². The molecule has 0 spiro atoms. The van der Waals surface area contributed by atoms with Gasteiger partial charge in [0.25, 0.3) is 0 Å². The van der Waals surface area contributed by atoms with Gasteiger partial charge in [0.05, 0.1) is 16.3 Å². The predicted molar refractivity (Wildman–Crippen MR) is 77.7 cm³/mol. The van der Waals surface area contributed by atoms with E-state index >= 15 is 0 Å². The summed E-state index contributed by atoms with van der Waals surface area (Å²) in [5, 5.41) is 3.21. The molecule has 0 radical (unpaired) electrons. The van der Waals surface area contributed by atoms with E-state index in [1.165, 1.54) is 6.26 Å². The van der Waals surface area contributed by atoms with Gasteiger partial charge >= 0.3 is 0 Å². The Morgan fingerprint density at radius 1 is 1.05 bits per heavy atom. The normalized spacial score (nSPS) is 11.2. The fourth-order valence-electron chi connectivity index (χ4n) is 1.71. The molecule has 19 heavy (non-hydrogen) atoms. The van der Waals surface area contributed by atoms with Gasteiger partial charge in [-0.3, -0.25) is 0 Å². The lowest BCUT2D eigenvalue weighted by Crippen LogP contribution is -2.03. The van der Waals surface area contributed by atoms with E-state index < -0.39 is 9.84 Å². The van der Waals surface area contributed by atoms with Crippen LogP contribution in [0.5, 0.6) is 0 Å². The number of nitrogens with one attached hydrogen (secondary N) is 1. The topological polar surface area (TPSA) is 72.2 Å². The number of nitrogen functional groups attached to an aromatic ring is 1. The second kappa shape index (κ2) is 5.32. The zero-order chi connectivity index (χ0) is 13.9. The molecule has 0 saturated carbocycles. The zero-order valence-electron chi connectivity index (χ0n) is 10.6. The summed E-state index contributed by atoms with van der Waals surface area (Å²) < 4.78 is 22.7. The molecule has 0 saturated heterocycles. The molecule has 0 aliphatic carbocycles. The smallest absolute Gasteiger partial charge is 0.175 e. The van der Waals surface area contributed by atoms with E-state index in [2.05, 4.69) is 5.32 Å². The van der Waals surface area contributed by atoms with Crippen molar-refractivity contribution in [2.24, 2.45) is 0 Å². The molecule has 0 heterocycles. The summed E-state index contributed by atoms with van der Waals surface area (Å²) >= 11 is 0. The third-order valence-corrected chi connectivity index (χ3v) is 3.92. The van der Waals surface area contributed by atoms with Crippen LogP contribution in [0.2, 0.25) is 0 Å². The van der Waals surface area contributed by atoms with Crippen LogP contribution >= 0.6 is 0 Å². The molecule has 5 heteroatoms. The van der Waals surface area contributed by atoms with Gasteiger partial charge in [0.15, 0.2) is 9.84 Å². The summed E-state index contributed by atoms with van der Waals surface area (Å²) in [4.78, 5) is 0.329. The molecule has 0 aromatic heterocycles. The zero-order valence-corrected chi connectivity index (χ0v) is 11.4. The summed E-state index contributed by atoms with van der Waals surface area (Å²) in [6.07, 6.45) is 1.20. The first-order valence-electron chi connectivity index (χ1n) is 5.84. The first-order chi connectivity index (χ1) is 8.97. The minimum absolute atomic E-state index is 0.329. The Morgan fingerprint density at radius 3 is 2.26 bits per heavy atom. The maximum Gasteiger partial charge on any atom is 0.175 e. The number of hydrogen-bond donors (Lipinski definition) is 2. The summed E-state index contributed by atoms with van der Waals surface area (Å²) in [6.45, 7) is 0.595. The van der Waals surface area contributed by atoms with Crippen molar-refractivity contribution in [2.45, 2.75) is 11.4 Å². The van der Waals surface area contributed by atoms with Gasteiger partial charge in [0.2, 0.25) is 0 Å². The number of anilines is 2. The lowest BCUT2D eigenvalue weighted by molar-refractivity contribution is 0.602. The minimum Gasteiger partial charge on any atom is -0.397 e. The summed E-state index contributed by atoms with van der Waals surface area (Å²) in [6, 6.07) is 14.3. The highest BCUT2D eigenvalue weighted by Crippen LogP contribution is 2.18. The predicted octanol–water partition coefficient (Wildman–Crippen LogP) is 2.28. The molecule has 0 aliphatic rings. The van der Waals surface area contributed by atoms with Crippen LogP contribution in [0.1, 0.15) is 5.56 Å². The Morgan fingerprint density at radius 2 is 1.68 bits per heavy atom. The summed E-state index contributed by atoms with van der Waals surface area (Å²) in [5.74, 6) is 0. The van der Waals surface area contributed by atoms with Gasteiger partial charge in [-0.25, -0.2) is 8.42 Å². The molecule has 0 unspecified atom stereocenters. The lowest BCUT2D eigenvalue weighted by atomic mass is 10.2. The molecule has 2 aromatic carbocycles. The average Bonchev–Trinajstić information content (AvgIpc) is 2.37. The van der Waals surface area contributed by atoms with Crippen LogP contribution in [-0.2, 0) is 16.4 Å². The number of nitrogens with two attached hydrogens (primary N) is 1. The number of benzene rings is 2. The maximum atomic E-state index is 11.3. The Labute approximate surface area is 113 Å². The van der Waals surface area contributed by atoms with Crippen LogP contribution in [0.4, 0.5) is 11.4 Å². The third-order valence-electron chi connectivity index (χ3n) is 2.80. The number of hydrogen-bond acceptors (Lipinski definition) is 4. The van der Waals surface area contributed by atoms with Crippen LogP contribution in [0.15, 0.2) is 53.4 Å². The molecule has 0 aliphatic heterocycles. The second-order valence-corrected chi connectivity index (χ2v) is 6.37. The molecule has 0 bridgehead atoms. The highest BCUT2D eigenvalue weighted by atomic mass is 32.2. The monoisotopic (exact) mass is 276 g/mol. The van der Waals surface area contributed by atoms with Gasteiger partial charge in [-0.2, -0.15) is 0 Å². The summed E-state index contributed by atoms with van der Waals surface area (Å²) in [7, 11) is -3.13. The van der Waals surface area contributed by atoms with E-state index in [1.807, 2.05) is 24.3 Å². The van der Waals surface area contributed by atoms with E-state index in [0.29, 0.717) is 17.1 Å².